The van der Waals surface area contributed by atoms with Crippen molar-refractivity contribution in [2.75, 3.05) is 35.8 Å². The van der Waals surface area contributed by atoms with Crippen LogP contribution in [0.3, 0.4) is 0 Å². The fourth-order valence-electron chi connectivity index (χ4n) is 4.10. The number of halogens is 3. The maximum Gasteiger partial charge on any atom is 0.233 e. The Labute approximate surface area is 219 Å². The van der Waals surface area contributed by atoms with Gasteiger partial charge in [0.25, 0.3) is 0 Å². The van der Waals surface area contributed by atoms with Crippen LogP contribution in [0, 0.1) is 11.6 Å². The predicted octanol–water partition coefficient (Wildman–Crippen LogP) is 4.21. The molecule has 37 heavy (non-hydrogen) atoms. The van der Waals surface area contributed by atoms with Gasteiger partial charge in [0.1, 0.15) is 17.7 Å². The van der Waals surface area contributed by atoms with E-state index in [1.807, 2.05) is 4.90 Å². The fraction of sp³-hybridized carbons (Fsp3) is 0.320. The highest BCUT2D eigenvalue weighted by Gasteiger charge is 2.23. The van der Waals surface area contributed by atoms with Crippen LogP contribution in [-0.4, -0.2) is 54.9 Å². The zero-order chi connectivity index (χ0) is 26.7. The summed E-state index contributed by atoms with van der Waals surface area (Å²) in [6.45, 7) is 3.01. The lowest BCUT2D eigenvalue weighted by molar-refractivity contribution is 0.178. The molecule has 0 spiro atoms. The van der Waals surface area contributed by atoms with Gasteiger partial charge in [0.15, 0.2) is 11.6 Å². The van der Waals surface area contributed by atoms with Crippen molar-refractivity contribution in [2.24, 2.45) is 0 Å². The molecule has 1 aliphatic rings. The van der Waals surface area contributed by atoms with Crippen molar-refractivity contribution in [3.8, 4) is 16.9 Å². The van der Waals surface area contributed by atoms with E-state index in [4.69, 9.17) is 22.1 Å². The van der Waals surface area contributed by atoms with E-state index in [2.05, 4.69) is 9.71 Å². The molecule has 1 fully saturated rings. The van der Waals surface area contributed by atoms with Crippen LogP contribution in [-0.2, 0) is 10.0 Å². The van der Waals surface area contributed by atoms with E-state index in [0.717, 1.165) is 12.1 Å². The third-order valence-electron chi connectivity index (χ3n) is 6.09. The molecule has 0 aliphatic carbocycles. The fourth-order valence-corrected chi connectivity index (χ4v) is 5.50. The number of ether oxygens (including phenoxy) is 1. The standard InChI is InChI=1S/C25H27ClF2N4O4S/c1-15(23-20(27)6-7-21(28)24(23)26)36-22-12-17(13-30-25(22)29)16-2-4-18(5-3-16)31-37(34,35)11-10-32-9-8-19(33)14-32/h2-7,12-13,15,19,31,33H,8-11,14H2,1H3,(H2,29,30)/t15?,19-/m1/s1. The topological polar surface area (TPSA) is 118 Å². The Balaban J connectivity index is 1.45. The third kappa shape index (κ3) is 6.67. The van der Waals surface area contributed by atoms with Crippen LogP contribution < -0.4 is 15.2 Å². The van der Waals surface area contributed by atoms with Crippen molar-refractivity contribution in [2.45, 2.75) is 25.6 Å². The quantitative estimate of drug-likeness (QED) is 0.340. The van der Waals surface area contributed by atoms with E-state index in [1.165, 1.54) is 13.1 Å². The summed E-state index contributed by atoms with van der Waals surface area (Å²) in [4.78, 5) is 6.05. The number of aliphatic hydroxyl groups is 1. The molecule has 0 bridgehead atoms. The van der Waals surface area contributed by atoms with Crippen LogP contribution in [0.4, 0.5) is 20.3 Å². The van der Waals surface area contributed by atoms with Crippen LogP contribution in [0.2, 0.25) is 5.02 Å². The van der Waals surface area contributed by atoms with Gasteiger partial charge in [-0.25, -0.2) is 22.2 Å². The highest BCUT2D eigenvalue weighted by Crippen LogP contribution is 2.35. The number of aromatic nitrogens is 1. The van der Waals surface area contributed by atoms with Crippen LogP contribution in [0.25, 0.3) is 11.1 Å². The minimum absolute atomic E-state index is 0.0541. The van der Waals surface area contributed by atoms with Crippen LogP contribution in [0.15, 0.2) is 48.7 Å². The minimum Gasteiger partial charge on any atom is -0.482 e. The van der Waals surface area contributed by atoms with Crippen molar-refractivity contribution >= 4 is 33.1 Å². The number of rotatable bonds is 9. The summed E-state index contributed by atoms with van der Waals surface area (Å²) in [5.74, 6) is -1.35. The van der Waals surface area contributed by atoms with Crippen LogP contribution in [0.5, 0.6) is 5.75 Å². The smallest absolute Gasteiger partial charge is 0.233 e. The van der Waals surface area contributed by atoms with Gasteiger partial charge in [-0.2, -0.15) is 0 Å². The summed E-state index contributed by atoms with van der Waals surface area (Å²) >= 11 is 5.94. The Morgan fingerprint density at radius 2 is 1.92 bits per heavy atom. The largest absolute Gasteiger partial charge is 0.482 e. The van der Waals surface area contributed by atoms with Crippen molar-refractivity contribution in [1.82, 2.24) is 9.88 Å². The molecule has 4 rings (SSSR count). The minimum atomic E-state index is -3.57. The first-order chi connectivity index (χ1) is 17.5. The third-order valence-corrected chi connectivity index (χ3v) is 7.74. The molecule has 0 amide bonds. The highest BCUT2D eigenvalue weighted by molar-refractivity contribution is 7.92. The van der Waals surface area contributed by atoms with Gasteiger partial charge in [0.05, 0.1) is 16.9 Å². The normalized spacial score (nSPS) is 17.1. The van der Waals surface area contributed by atoms with Gasteiger partial charge in [-0.15, -0.1) is 0 Å². The van der Waals surface area contributed by atoms with E-state index in [9.17, 15) is 22.3 Å². The van der Waals surface area contributed by atoms with Gasteiger partial charge in [0, 0.05) is 42.6 Å². The van der Waals surface area contributed by atoms with E-state index in [1.54, 1.807) is 30.3 Å². The van der Waals surface area contributed by atoms with Gasteiger partial charge < -0.3 is 15.6 Å². The van der Waals surface area contributed by atoms with Gasteiger partial charge in [0.2, 0.25) is 10.0 Å². The summed E-state index contributed by atoms with van der Waals surface area (Å²) in [7, 11) is -3.57. The monoisotopic (exact) mass is 552 g/mol. The van der Waals surface area contributed by atoms with Crippen molar-refractivity contribution in [3.63, 3.8) is 0 Å². The van der Waals surface area contributed by atoms with Crippen LogP contribution >= 0.6 is 11.6 Å². The number of benzene rings is 2. The molecule has 1 aromatic heterocycles. The van der Waals surface area contributed by atoms with Crippen molar-refractivity contribution < 1.29 is 27.0 Å². The molecule has 4 N–H and O–H groups in total. The predicted molar refractivity (Wildman–Crippen MR) is 139 cm³/mol. The molecule has 1 aliphatic heterocycles. The lowest BCUT2D eigenvalue weighted by atomic mass is 10.1. The number of nitrogens with one attached hydrogen (secondary N) is 1. The molecule has 1 unspecified atom stereocenters. The Morgan fingerprint density at radius 3 is 2.59 bits per heavy atom. The molecule has 0 saturated carbocycles. The second-order valence-corrected chi connectivity index (χ2v) is 11.1. The molecule has 12 heteroatoms. The summed E-state index contributed by atoms with van der Waals surface area (Å²) in [5, 5.41) is 9.21. The second-order valence-electron chi connectivity index (χ2n) is 8.87. The number of hydrogen-bond donors (Lipinski definition) is 3. The number of nitrogens with zero attached hydrogens (tertiary/aromatic N) is 2. The summed E-state index contributed by atoms with van der Waals surface area (Å²) in [6, 6.07) is 10.2. The Hall–Kier alpha value is -2.99. The SMILES string of the molecule is CC(Oc1cc(-c2ccc(NS(=O)(=O)CCN3CC[C@@H](O)C3)cc2)cnc1N)c1c(F)ccc(F)c1Cl. The lowest BCUT2D eigenvalue weighted by Crippen LogP contribution is -2.30. The van der Waals surface area contributed by atoms with Gasteiger partial charge in [-0.1, -0.05) is 23.7 Å². The van der Waals surface area contributed by atoms with Crippen molar-refractivity contribution in [1.29, 1.82) is 0 Å². The zero-order valence-corrected chi connectivity index (χ0v) is 21.6. The molecule has 2 heterocycles. The first kappa shape index (κ1) is 27.1. The molecule has 8 nitrogen and oxygen atoms in total. The summed E-state index contributed by atoms with van der Waals surface area (Å²) in [5.41, 5.74) is 7.52. The Bertz CT molecular complexity index is 1380. The number of hydrogen-bond acceptors (Lipinski definition) is 7. The van der Waals surface area contributed by atoms with Gasteiger partial charge in [-0.3, -0.25) is 9.62 Å². The van der Waals surface area contributed by atoms with Crippen LogP contribution in [0.1, 0.15) is 25.0 Å². The average Bonchev–Trinajstić information content (AvgIpc) is 3.27. The lowest BCUT2D eigenvalue weighted by Gasteiger charge is -2.19. The number of aliphatic hydroxyl groups excluding tert-OH is 1. The Kier molecular flexibility index (Phi) is 8.17. The van der Waals surface area contributed by atoms with E-state index < -0.39 is 33.9 Å². The zero-order valence-electron chi connectivity index (χ0n) is 20.0. The molecule has 0 radical (unpaired) electrons. The van der Waals surface area contributed by atoms with E-state index in [-0.39, 0.29) is 27.9 Å². The molecular weight excluding hydrogens is 526 g/mol. The molecule has 2 atom stereocenters. The summed E-state index contributed by atoms with van der Waals surface area (Å²) in [6.07, 6.45) is 0.811. The molecule has 198 valence electrons. The molecule has 2 aromatic carbocycles. The first-order valence-electron chi connectivity index (χ1n) is 11.6. The highest BCUT2D eigenvalue weighted by atomic mass is 35.5. The molecule has 3 aromatic rings. The van der Waals surface area contributed by atoms with Crippen molar-refractivity contribution in [3.05, 3.63) is 70.9 Å². The molecular formula is C25H27ClF2N4O4S. The number of sulfonamides is 1. The van der Waals surface area contributed by atoms with E-state index >= 15 is 0 Å². The first-order valence-corrected chi connectivity index (χ1v) is 13.6. The number of β-amino-alcohol motifs (C(OH)–C–C–N with tert-alkyl or cyclic N) is 1. The second kappa shape index (κ2) is 11.2. The number of nitrogen functional groups attached to an aromatic ring is 1. The number of pyridine rings is 1. The average molecular weight is 553 g/mol. The number of likely N-dealkylation sites (tertiary alicyclic amines) is 1. The Morgan fingerprint density at radius 1 is 1.22 bits per heavy atom. The maximum absolute atomic E-state index is 14.3. The van der Waals surface area contributed by atoms with Gasteiger partial charge in [-0.05, 0) is 49.2 Å². The number of anilines is 2. The summed E-state index contributed by atoms with van der Waals surface area (Å²) < 4.78 is 61.4. The maximum atomic E-state index is 14.3. The van der Waals surface area contributed by atoms with E-state index in [0.29, 0.717) is 42.9 Å². The molecule has 1 saturated heterocycles. The van der Waals surface area contributed by atoms with Gasteiger partial charge >= 0.3 is 0 Å². The number of nitrogens with two attached hydrogens (primary N) is 1.